The van der Waals surface area contributed by atoms with Crippen LogP contribution in [0.15, 0.2) is 17.6 Å². The van der Waals surface area contributed by atoms with E-state index < -0.39 is 0 Å². The van der Waals surface area contributed by atoms with Gasteiger partial charge < -0.3 is 10.1 Å². The molecule has 21 heavy (non-hydrogen) atoms. The number of amides is 2. The van der Waals surface area contributed by atoms with Crippen molar-refractivity contribution >= 4 is 23.2 Å². The molecular weight excluding hydrogens is 290 g/mol. The highest BCUT2D eigenvalue weighted by Gasteiger charge is 2.28. The van der Waals surface area contributed by atoms with Gasteiger partial charge in [0.05, 0.1) is 18.8 Å². The second-order valence-electron chi connectivity index (χ2n) is 5.01. The minimum absolute atomic E-state index is 0.104. The third-order valence-corrected chi connectivity index (χ3v) is 4.37. The lowest BCUT2D eigenvalue weighted by Crippen LogP contribution is -2.41. The number of nitrogens with zero attached hydrogens (tertiary/aromatic N) is 3. The van der Waals surface area contributed by atoms with Crippen molar-refractivity contribution in [3.8, 4) is 0 Å². The van der Waals surface area contributed by atoms with Crippen LogP contribution in [0.3, 0.4) is 0 Å². The number of carbonyl (C=O) groups excluding carboxylic acids is 1. The maximum Gasteiger partial charge on any atom is 0.320 e. The van der Waals surface area contributed by atoms with E-state index >= 15 is 0 Å². The molecule has 0 saturated heterocycles. The molecule has 0 radical (unpaired) electrons. The van der Waals surface area contributed by atoms with Gasteiger partial charge in [0, 0.05) is 18.3 Å². The van der Waals surface area contributed by atoms with Crippen LogP contribution in [0, 0.1) is 0 Å². The first-order valence-corrected chi connectivity index (χ1v) is 7.63. The molecule has 2 amide bonds. The summed E-state index contributed by atoms with van der Waals surface area (Å²) in [6, 6.07) is 1.63. The molecule has 0 saturated carbocycles. The summed E-state index contributed by atoms with van der Waals surface area (Å²) in [6.45, 7) is 2.63. The summed E-state index contributed by atoms with van der Waals surface area (Å²) >= 11 is 1.74. The van der Waals surface area contributed by atoms with Crippen molar-refractivity contribution in [3.05, 3.63) is 28.1 Å². The average molecular weight is 307 g/mol. The first kappa shape index (κ1) is 14.0. The molecule has 7 nitrogen and oxygen atoms in total. The third kappa shape index (κ3) is 3.06. The van der Waals surface area contributed by atoms with Crippen molar-refractivity contribution in [3.63, 3.8) is 0 Å². The minimum atomic E-state index is -0.311. The Morgan fingerprint density at radius 2 is 2.48 bits per heavy atom. The number of fused-ring (bicyclic) bond motifs is 1. The Balaban J connectivity index is 1.62. The van der Waals surface area contributed by atoms with Crippen LogP contribution in [0.4, 0.5) is 10.6 Å². The van der Waals surface area contributed by atoms with Crippen molar-refractivity contribution in [1.29, 1.82) is 0 Å². The van der Waals surface area contributed by atoms with E-state index in [4.69, 9.17) is 4.74 Å². The highest BCUT2D eigenvalue weighted by Crippen LogP contribution is 2.33. The average Bonchev–Trinajstić information content (AvgIpc) is 3.06. The van der Waals surface area contributed by atoms with Gasteiger partial charge in [-0.05, 0) is 23.9 Å². The molecule has 3 heterocycles. The van der Waals surface area contributed by atoms with Crippen LogP contribution >= 0.6 is 11.3 Å². The summed E-state index contributed by atoms with van der Waals surface area (Å²) in [4.78, 5) is 13.3. The molecule has 112 valence electrons. The quantitative estimate of drug-likeness (QED) is 0.904. The molecule has 0 aliphatic carbocycles. The number of rotatable bonds is 3. The summed E-state index contributed by atoms with van der Waals surface area (Å²) in [5.41, 5.74) is 1.18. The number of anilines is 1. The number of hydrogen-bond acceptors (Lipinski definition) is 5. The first-order chi connectivity index (χ1) is 10.1. The topological polar surface area (TPSA) is 81.1 Å². The largest absolute Gasteiger partial charge is 0.371 e. The molecule has 3 rings (SSSR count). The van der Waals surface area contributed by atoms with E-state index in [1.165, 1.54) is 15.1 Å². The number of thiophene rings is 1. The van der Waals surface area contributed by atoms with Crippen molar-refractivity contribution < 1.29 is 9.53 Å². The molecule has 8 heteroatoms. The molecule has 2 aromatic heterocycles. The van der Waals surface area contributed by atoms with Crippen LogP contribution < -0.4 is 10.6 Å². The Morgan fingerprint density at radius 1 is 1.62 bits per heavy atom. The van der Waals surface area contributed by atoms with Crippen LogP contribution in [0.2, 0.25) is 0 Å². The summed E-state index contributed by atoms with van der Waals surface area (Å²) in [6.07, 6.45) is 2.48. The Bertz CT molecular complexity index is 638. The second-order valence-corrected chi connectivity index (χ2v) is 6.01. The van der Waals surface area contributed by atoms with Gasteiger partial charge in [0.1, 0.15) is 6.10 Å². The molecule has 2 N–H and O–H groups in total. The highest BCUT2D eigenvalue weighted by molar-refractivity contribution is 7.10. The second kappa shape index (κ2) is 5.82. The fraction of sp³-hybridized carbons (Fsp3) is 0.462. The maximum atomic E-state index is 12.0. The third-order valence-electron chi connectivity index (χ3n) is 3.37. The van der Waals surface area contributed by atoms with Crippen LogP contribution in [-0.4, -0.2) is 33.7 Å². The van der Waals surface area contributed by atoms with Gasteiger partial charge in [0.15, 0.2) is 5.82 Å². The fourth-order valence-electron chi connectivity index (χ4n) is 2.43. The van der Waals surface area contributed by atoms with Crippen LogP contribution in [-0.2, 0) is 18.2 Å². The van der Waals surface area contributed by atoms with Gasteiger partial charge in [0.2, 0.25) is 0 Å². The van der Waals surface area contributed by atoms with E-state index in [1.807, 2.05) is 6.92 Å². The number of ether oxygens (including phenoxy) is 1. The lowest BCUT2D eigenvalue weighted by atomic mass is 10.0. The van der Waals surface area contributed by atoms with Crippen molar-refractivity contribution in [2.75, 3.05) is 11.9 Å². The Morgan fingerprint density at radius 3 is 3.24 bits per heavy atom. The zero-order chi connectivity index (χ0) is 14.8. The molecule has 2 aromatic rings. The molecule has 0 spiro atoms. The molecule has 0 unspecified atom stereocenters. The van der Waals surface area contributed by atoms with E-state index in [2.05, 4.69) is 32.4 Å². The number of urea groups is 1. The lowest BCUT2D eigenvalue weighted by Gasteiger charge is -2.29. The predicted molar refractivity (Wildman–Crippen MR) is 79.3 cm³/mol. The number of carbonyl (C=O) groups is 1. The zero-order valence-electron chi connectivity index (χ0n) is 11.9. The molecule has 1 aliphatic rings. The van der Waals surface area contributed by atoms with E-state index in [-0.39, 0.29) is 18.2 Å². The number of aryl methyl sites for hydroxylation is 1. The minimum Gasteiger partial charge on any atom is -0.371 e. The summed E-state index contributed by atoms with van der Waals surface area (Å²) < 4.78 is 7.34. The monoisotopic (exact) mass is 307 g/mol. The van der Waals surface area contributed by atoms with Gasteiger partial charge >= 0.3 is 6.03 Å². The first-order valence-electron chi connectivity index (χ1n) is 6.75. The van der Waals surface area contributed by atoms with Crippen LogP contribution in [0.1, 0.15) is 23.5 Å². The van der Waals surface area contributed by atoms with Gasteiger partial charge in [-0.3, -0.25) is 10.00 Å². The predicted octanol–water partition coefficient (Wildman–Crippen LogP) is 1.70. The summed E-state index contributed by atoms with van der Waals surface area (Å²) in [5, 5.41) is 15.2. The van der Waals surface area contributed by atoms with Crippen molar-refractivity contribution in [1.82, 2.24) is 20.3 Å². The smallest absolute Gasteiger partial charge is 0.320 e. The summed E-state index contributed by atoms with van der Waals surface area (Å²) in [5.74, 6) is 0.419. The number of nitrogens with one attached hydrogen (secondary N) is 2. The van der Waals surface area contributed by atoms with E-state index in [0.717, 1.165) is 6.42 Å². The lowest BCUT2D eigenvalue weighted by molar-refractivity contribution is 0.0238. The SMILES string of the molecule is C[C@@H](NC(=O)Nc1cn(C)nn1)[C@H]1OCCc2sccc21. The van der Waals surface area contributed by atoms with E-state index in [9.17, 15) is 4.79 Å². The van der Waals surface area contributed by atoms with Gasteiger partial charge in [-0.15, -0.1) is 16.4 Å². The van der Waals surface area contributed by atoms with E-state index in [1.54, 1.807) is 24.6 Å². The van der Waals surface area contributed by atoms with Crippen molar-refractivity contribution in [2.24, 2.45) is 7.05 Å². The number of hydrogen-bond donors (Lipinski definition) is 2. The standard InChI is InChI=1S/C13H17N5O2S/c1-8(12-9-4-6-21-10(9)3-5-20-12)14-13(19)15-11-7-18(2)17-16-11/h4,6-8,12H,3,5H2,1-2H3,(H2,14,15,19)/t8-,12-/m1/s1. The van der Waals surface area contributed by atoms with Gasteiger partial charge in [-0.25, -0.2) is 4.79 Å². The molecule has 0 bridgehead atoms. The summed E-state index contributed by atoms with van der Waals surface area (Å²) in [7, 11) is 1.74. The van der Waals surface area contributed by atoms with Gasteiger partial charge in [-0.1, -0.05) is 5.21 Å². The van der Waals surface area contributed by atoms with Gasteiger partial charge in [-0.2, -0.15) is 0 Å². The highest BCUT2D eigenvalue weighted by atomic mass is 32.1. The number of aromatic nitrogens is 3. The molecular formula is C13H17N5O2S. The Hall–Kier alpha value is -1.93. The van der Waals surface area contributed by atoms with Crippen LogP contribution in [0.5, 0.6) is 0 Å². The molecule has 0 fully saturated rings. The maximum absolute atomic E-state index is 12.0. The molecule has 2 atom stereocenters. The Kier molecular flexibility index (Phi) is 3.89. The zero-order valence-corrected chi connectivity index (χ0v) is 12.7. The van der Waals surface area contributed by atoms with Crippen LogP contribution in [0.25, 0.3) is 0 Å². The molecule has 1 aliphatic heterocycles. The Labute approximate surface area is 126 Å². The molecule has 0 aromatic carbocycles. The fourth-order valence-corrected chi connectivity index (χ4v) is 3.33. The van der Waals surface area contributed by atoms with E-state index in [0.29, 0.717) is 12.4 Å². The normalized spacial score (nSPS) is 18.9. The van der Waals surface area contributed by atoms with Crippen molar-refractivity contribution in [2.45, 2.75) is 25.5 Å². The van der Waals surface area contributed by atoms with Gasteiger partial charge in [0.25, 0.3) is 0 Å².